The van der Waals surface area contributed by atoms with Crippen LogP contribution in [-0.4, -0.2) is 74.6 Å². The minimum Gasteiger partial charge on any atom is -0.490 e. The summed E-state index contributed by atoms with van der Waals surface area (Å²) in [5.41, 5.74) is 2.23. The second-order valence-corrected chi connectivity index (χ2v) is 10.5. The minimum absolute atomic E-state index is 0.0101. The number of carbonyl (C=O) groups is 2. The Morgan fingerprint density at radius 1 is 1.00 bits per heavy atom. The number of piperidine rings is 1. The van der Waals surface area contributed by atoms with E-state index in [0.717, 1.165) is 44.1 Å². The Hall–Kier alpha value is -3.06. The van der Waals surface area contributed by atoms with Crippen LogP contribution in [-0.2, 0) is 16.0 Å². The van der Waals surface area contributed by atoms with E-state index >= 15 is 0 Å². The van der Waals surface area contributed by atoms with E-state index in [1.165, 1.54) is 18.4 Å². The van der Waals surface area contributed by atoms with Crippen LogP contribution in [0.3, 0.4) is 0 Å². The number of nitrogens with zero attached hydrogens (tertiary/aromatic N) is 3. The molecule has 2 saturated heterocycles. The van der Waals surface area contributed by atoms with Crippen LogP contribution in [0.25, 0.3) is 0 Å². The Balaban J connectivity index is 1.38. The minimum atomic E-state index is -0.316. The maximum Gasteiger partial charge on any atom is 0.232 e. The molecule has 2 fully saturated rings. The zero-order valence-electron chi connectivity index (χ0n) is 23.2. The lowest BCUT2D eigenvalue weighted by Crippen LogP contribution is -2.40. The van der Waals surface area contributed by atoms with Gasteiger partial charge in [-0.1, -0.05) is 30.3 Å². The summed E-state index contributed by atoms with van der Waals surface area (Å²) in [6.45, 7) is 9.18. The molecule has 2 aromatic rings. The lowest BCUT2D eigenvalue weighted by atomic mass is 9.90. The average molecular weight is 522 g/mol. The Morgan fingerprint density at radius 2 is 1.71 bits per heavy atom. The lowest BCUT2D eigenvalue weighted by molar-refractivity contribution is -0.127. The van der Waals surface area contributed by atoms with Crippen molar-refractivity contribution in [3.8, 4) is 11.5 Å². The zero-order valence-corrected chi connectivity index (χ0v) is 23.2. The quantitative estimate of drug-likeness (QED) is 0.407. The largest absolute Gasteiger partial charge is 0.490 e. The fourth-order valence-corrected chi connectivity index (χ4v) is 5.64. The third-order valence-corrected chi connectivity index (χ3v) is 7.73. The van der Waals surface area contributed by atoms with E-state index in [1.807, 2.05) is 36.9 Å². The van der Waals surface area contributed by atoms with Crippen LogP contribution in [0.1, 0.15) is 45.1 Å². The summed E-state index contributed by atoms with van der Waals surface area (Å²) in [6.07, 6.45) is 4.74. The molecular formula is C31H43N3O4. The van der Waals surface area contributed by atoms with Crippen molar-refractivity contribution in [2.45, 2.75) is 46.0 Å². The molecule has 0 aliphatic carbocycles. The van der Waals surface area contributed by atoms with Crippen LogP contribution in [0, 0.1) is 11.8 Å². The molecule has 0 bridgehead atoms. The Kier molecular flexibility index (Phi) is 10.0. The molecule has 0 radical (unpaired) electrons. The third-order valence-electron chi connectivity index (χ3n) is 7.73. The molecule has 38 heavy (non-hydrogen) atoms. The first-order chi connectivity index (χ1) is 18.5. The number of ether oxygens (including phenoxy) is 2. The highest BCUT2D eigenvalue weighted by Gasteiger charge is 2.35. The number of amides is 2. The number of rotatable bonds is 12. The summed E-state index contributed by atoms with van der Waals surface area (Å²) in [7, 11) is 1.77. The summed E-state index contributed by atoms with van der Waals surface area (Å²) >= 11 is 0. The number of hydrogen-bond acceptors (Lipinski definition) is 5. The fourth-order valence-electron chi connectivity index (χ4n) is 5.64. The maximum atomic E-state index is 13.7. The predicted octanol–water partition coefficient (Wildman–Crippen LogP) is 4.64. The van der Waals surface area contributed by atoms with Crippen molar-refractivity contribution < 1.29 is 19.1 Å². The molecule has 0 aromatic heterocycles. The van der Waals surface area contributed by atoms with Gasteiger partial charge >= 0.3 is 0 Å². The van der Waals surface area contributed by atoms with Crippen LogP contribution >= 0.6 is 0 Å². The van der Waals surface area contributed by atoms with Crippen molar-refractivity contribution in [3.63, 3.8) is 0 Å². The Labute approximate surface area is 227 Å². The van der Waals surface area contributed by atoms with Crippen molar-refractivity contribution in [2.75, 3.05) is 57.9 Å². The summed E-state index contributed by atoms with van der Waals surface area (Å²) in [5.74, 6) is 1.79. The van der Waals surface area contributed by atoms with Crippen molar-refractivity contribution in [1.29, 1.82) is 0 Å². The first kappa shape index (κ1) is 28.0. The van der Waals surface area contributed by atoms with Gasteiger partial charge in [0.25, 0.3) is 0 Å². The van der Waals surface area contributed by atoms with Crippen molar-refractivity contribution >= 4 is 17.5 Å². The molecule has 206 valence electrons. The van der Waals surface area contributed by atoms with E-state index in [1.54, 1.807) is 11.9 Å². The van der Waals surface area contributed by atoms with Crippen molar-refractivity contribution in [3.05, 3.63) is 54.1 Å². The van der Waals surface area contributed by atoms with Gasteiger partial charge in [0.05, 0.1) is 19.1 Å². The average Bonchev–Trinajstić information content (AvgIpc) is 3.27. The van der Waals surface area contributed by atoms with Crippen LogP contribution in [0.15, 0.2) is 48.5 Å². The molecule has 2 aliphatic heterocycles. The van der Waals surface area contributed by atoms with Gasteiger partial charge in [0, 0.05) is 38.3 Å². The highest BCUT2D eigenvalue weighted by atomic mass is 16.5. The Bertz CT molecular complexity index is 1050. The van der Waals surface area contributed by atoms with Gasteiger partial charge in [-0.25, -0.2) is 0 Å². The van der Waals surface area contributed by atoms with E-state index in [4.69, 9.17) is 9.47 Å². The smallest absolute Gasteiger partial charge is 0.232 e. The van der Waals surface area contributed by atoms with Gasteiger partial charge in [-0.3, -0.25) is 9.59 Å². The van der Waals surface area contributed by atoms with E-state index in [0.29, 0.717) is 37.8 Å². The standard InChI is InChI=1S/C31H43N3O4/c1-4-37-28-13-12-27(22-29(28)38-5-2)34(31(36)26-21-30(35)32(3)23-26)17-9-16-33-18-14-25(15-19-33)20-24-10-7-6-8-11-24/h6-8,10-13,22,25-26H,4-5,9,14-21,23H2,1-3H3. The van der Waals surface area contributed by atoms with Gasteiger partial charge in [-0.15, -0.1) is 0 Å². The molecule has 0 saturated carbocycles. The van der Waals surface area contributed by atoms with Crippen LogP contribution in [0.5, 0.6) is 11.5 Å². The summed E-state index contributed by atoms with van der Waals surface area (Å²) in [4.78, 5) is 31.9. The molecule has 2 aliphatic rings. The first-order valence-electron chi connectivity index (χ1n) is 14.2. The molecule has 7 nitrogen and oxygen atoms in total. The van der Waals surface area contributed by atoms with E-state index in [-0.39, 0.29) is 24.2 Å². The molecular weight excluding hydrogens is 478 g/mol. The second kappa shape index (κ2) is 13.7. The van der Waals surface area contributed by atoms with Gasteiger partial charge in [-0.2, -0.15) is 0 Å². The normalized spacial score (nSPS) is 18.6. The molecule has 7 heteroatoms. The third kappa shape index (κ3) is 7.28. The number of hydrogen-bond donors (Lipinski definition) is 0. The number of likely N-dealkylation sites (tertiary alicyclic amines) is 2. The molecule has 4 rings (SSSR count). The van der Waals surface area contributed by atoms with Gasteiger partial charge in [0.15, 0.2) is 11.5 Å². The van der Waals surface area contributed by atoms with Crippen molar-refractivity contribution in [2.24, 2.45) is 11.8 Å². The number of carbonyl (C=O) groups excluding carboxylic acids is 2. The van der Waals surface area contributed by atoms with Crippen molar-refractivity contribution in [1.82, 2.24) is 9.80 Å². The second-order valence-electron chi connectivity index (χ2n) is 10.5. The molecule has 0 N–H and O–H groups in total. The van der Waals surface area contributed by atoms with Gasteiger partial charge in [0.1, 0.15) is 0 Å². The number of benzene rings is 2. The summed E-state index contributed by atoms with van der Waals surface area (Å²) in [5, 5.41) is 0. The molecule has 1 unspecified atom stereocenters. The Morgan fingerprint density at radius 3 is 2.37 bits per heavy atom. The topological polar surface area (TPSA) is 62.3 Å². The van der Waals surface area contributed by atoms with Gasteiger partial charge < -0.3 is 24.2 Å². The first-order valence-corrected chi connectivity index (χ1v) is 14.2. The molecule has 2 heterocycles. The molecule has 1 atom stereocenters. The van der Waals surface area contributed by atoms with E-state index in [2.05, 4.69) is 35.2 Å². The van der Waals surface area contributed by atoms with Gasteiger partial charge in [0.2, 0.25) is 11.8 Å². The zero-order chi connectivity index (χ0) is 26.9. The monoisotopic (exact) mass is 521 g/mol. The summed E-state index contributed by atoms with van der Waals surface area (Å²) < 4.78 is 11.6. The lowest BCUT2D eigenvalue weighted by Gasteiger charge is -2.33. The number of anilines is 1. The molecule has 2 amide bonds. The highest BCUT2D eigenvalue weighted by Crippen LogP contribution is 2.34. The maximum absolute atomic E-state index is 13.7. The fraction of sp³-hybridized carbons (Fsp3) is 0.548. The van der Waals surface area contributed by atoms with E-state index in [9.17, 15) is 9.59 Å². The molecule has 0 spiro atoms. The van der Waals surface area contributed by atoms with Crippen LogP contribution < -0.4 is 14.4 Å². The molecule has 2 aromatic carbocycles. The predicted molar refractivity (Wildman–Crippen MR) is 151 cm³/mol. The van der Waals surface area contributed by atoms with Crippen LogP contribution in [0.2, 0.25) is 0 Å². The highest BCUT2D eigenvalue weighted by molar-refractivity contribution is 5.99. The van der Waals surface area contributed by atoms with Crippen LogP contribution in [0.4, 0.5) is 5.69 Å². The van der Waals surface area contributed by atoms with E-state index < -0.39 is 0 Å². The van der Waals surface area contributed by atoms with Gasteiger partial charge in [-0.05, 0) is 82.8 Å². The SMILES string of the molecule is CCOc1ccc(N(CCCN2CCC(Cc3ccccc3)CC2)C(=O)C2CC(=O)N(C)C2)cc1OCC. The summed E-state index contributed by atoms with van der Waals surface area (Å²) in [6, 6.07) is 16.5.